The van der Waals surface area contributed by atoms with Crippen LogP contribution in [-0.4, -0.2) is 60.7 Å². The maximum absolute atomic E-state index is 12.5. The third-order valence-electron chi connectivity index (χ3n) is 6.36. The Hall–Kier alpha value is -3.85. The summed E-state index contributed by atoms with van der Waals surface area (Å²) < 4.78 is 9.44. The average molecular weight is 486 g/mol. The molecule has 9 heteroatoms. The van der Waals surface area contributed by atoms with Crippen LogP contribution in [0.25, 0.3) is 22.6 Å². The maximum Gasteiger partial charge on any atom is 0.267 e. The van der Waals surface area contributed by atoms with E-state index >= 15 is 0 Å². The summed E-state index contributed by atoms with van der Waals surface area (Å²) in [6.07, 6.45) is 10.4. The van der Waals surface area contributed by atoms with Gasteiger partial charge in [0, 0.05) is 43.0 Å². The highest BCUT2D eigenvalue weighted by atomic mass is 16.5. The van der Waals surface area contributed by atoms with Crippen LogP contribution in [0.1, 0.15) is 31.7 Å². The predicted molar refractivity (Wildman–Crippen MR) is 138 cm³/mol. The zero-order chi connectivity index (χ0) is 24.9. The van der Waals surface area contributed by atoms with Crippen molar-refractivity contribution in [1.29, 1.82) is 0 Å². The molecule has 0 saturated carbocycles. The van der Waals surface area contributed by atoms with Crippen molar-refractivity contribution in [2.24, 2.45) is 0 Å². The van der Waals surface area contributed by atoms with E-state index in [2.05, 4.69) is 39.0 Å². The van der Waals surface area contributed by atoms with Crippen LogP contribution in [0.5, 0.6) is 5.75 Å². The van der Waals surface area contributed by atoms with Crippen LogP contribution >= 0.6 is 0 Å². The number of piperidine rings is 1. The highest BCUT2D eigenvalue weighted by Gasteiger charge is 2.18. The second kappa shape index (κ2) is 10.8. The highest BCUT2D eigenvalue weighted by molar-refractivity contribution is 5.57. The van der Waals surface area contributed by atoms with Gasteiger partial charge in [-0.05, 0) is 44.0 Å². The number of aryl methyl sites for hydroxylation is 1. The lowest BCUT2D eigenvalue weighted by Gasteiger charge is -2.29. The largest absolute Gasteiger partial charge is 0.487 e. The van der Waals surface area contributed by atoms with Crippen LogP contribution in [0.15, 0.2) is 66.0 Å². The highest BCUT2D eigenvalue weighted by Crippen LogP contribution is 2.21. The molecular weight excluding hydrogens is 454 g/mol. The minimum Gasteiger partial charge on any atom is -0.487 e. The van der Waals surface area contributed by atoms with Gasteiger partial charge >= 0.3 is 0 Å². The molecular formula is C27H31N7O2. The van der Waals surface area contributed by atoms with Gasteiger partial charge in [-0.3, -0.25) is 9.48 Å². The molecule has 9 nitrogen and oxygen atoms in total. The lowest BCUT2D eigenvalue weighted by molar-refractivity contribution is 0.113. The third-order valence-corrected chi connectivity index (χ3v) is 6.36. The molecule has 186 valence electrons. The molecule has 0 amide bonds. The fourth-order valence-corrected chi connectivity index (χ4v) is 4.37. The van der Waals surface area contributed by atoms with Crippen molar-refractivity contribution in [3.63, 3.8) is 0 Å². The van der Waals surface area contributed by atoms with E-state index in [-0.39, 0.29) is 11.7 Å². The standard InChI is InChI=1S/C27H31N7O2/c1-3-11-33-19-22(15-30-33)25-7-8-26(35)34(31-25)18-20-5-4-6-21(14-20)27-28-16-24(17-29-27)36-23-9-12-32(2)13-10-23/h4-8,14-17,19,23H,3,9-13,18H2,1-2H3. The van der Waals surface area contributed by atoms with E-state index in [1.807, 2.05) is 35.1 Å². The number of aromatic nitrogens is 6. The summed E-state index contributed by atoms with van der Waals surface area (Å²) in [5.74, 6) is 1.31. The molecule has 1 aliphatic rings. The summed E-state index contributed by atoms with van der Waals surface area (Å²) >= 11 is 0. The molecule has 4 aromatic rings. The Kier molecular flexibility index (Phi) is 7.18. The molecule has 0 radical (unpaired) electrons. The van der Waals surface area contributed by atoms with E-state index in [0.29, 0.717) is 18.1 Å². The van der Waals surface area contributed by atoms with Crippen LogP contribution in [0.2, 0.25) is 0 Å². The van der Waals surface area contributed by atoms with Crippen LogP contribution in [-0.2, 0) is 13.1 Å². The van der Waals surface area contributed by atoms with Crippen molar-refractivity contribution in [1.82, 2.24) is 34.4 Å². The van der Waals surface area contributed by atoms with Gasteiger partial charge in [0.05, 0.1) is 30.8 Å². The molecule has 1 aromatic carbocycles. The first-order valence-corrected chi connectivity index (χ1v) is 12.4. The van der Waals surface area contributed by atoms with Gasteiger partial charge < -0.3 is 9.64 Å². The molecule has 36 heavy (non-hydrogen) atoms. The van der Waals surface area contributed by atoms with Crippen molar-refractivity contribution < 1.29 is 4.74 Å². The SMILES string of the molecule is CCCn1cc(-c2ccc(=O)n(Cc3cccc(-c4ncc(OC5CCN(C)CC5)cn4)c3)n2)cn1. The fraction of sp³-hybridized carbons (Fsp3) is 0.370. The van der Waals surface area contributed by atoms with Gasteiger partial charge in [0.1, 0.15) is 6.10 Å². The number of rotatable bonds is 8. The zero-order valence-electron chi connectivity index (χ0n) is 20.7. The lowest BCUT2D eigenvalue weighted by atomic mass is 10.1. The summed E-state index contributed by atoms with van der Waals surface area (Å²) in [5, 5.41) is 8.96. The Balaban J connectivity index is 1.29. The minimum atomic E-state index is -0.156. The minimum absolute atomic E-state index is 0.156. The maximum atomic E-state index is 12.5. The number of hydrogen-bond acceptors (Lipinski definition) is 7. The summed E-state index contributed by atoms with van der Waals surface area (Å²) in [6.45, 7) is 5.39. The molecule has 3 aromatic heterocycles. The molecule has 4 heterocycles. The van der Waals surface area contributed by atoms with Crippen molar-refractivity contribution in [3.8, 4) is 28.4 Å². The van der Waals surface area contributed by atoms with Gasteiger partial charge in [-0.15, -0.1) is 0 Å². The first-order chi connectivity index (χ1) is 17.6. The van der Waals surface area contributed by atoms with E-state index < -0.39 is 0 Å². The molecule has 1 aliphatic heterocycles. The molecule has 5 rings (SSSR count). The second-order valence-corrected chi connectivity index (χ2v) is 9.27. The van der Waals surface area contributed by atoms with Gasteiger partial charge in [0.15, 0.2) is 11.6 Å². The Morgan fingerprint density at radius 3 is 2.61 bits per heavy atom. The van der Waals surface area contributed by atoms with Crippen molar-refractivity contribution in [2.45, 2.75) is 45.4 Å². The Morgan fingerprint density at radius 1 is 1.03 bits per heavy atom. The summed E-state index contributed by atoms with van der Waals surface area (Å²) in [7, 11) is 2.13. The van der Waals surface area contributed by atoms with E-state index in [4.69, 9.17) is 4.74 Å². The zero-order valence-corrected chi connectivity index (χ0v) is 20.7. The fourth-order valence-electron chi connectivity index (χ4n) is 4.37. The molecule has 0 unspecified atom stereocenters. The first-order valence-electron chi connectivity index (χ1n) is 12.4. The molecule has 0 bridgehead atoms. The van der Waals surface area contributed by atoms with E-state index in [9.17, 15) is 4.79 Å². The van der Waals surface area contributed by atoms with Crippen molar-refractivity contribution in [2.75, 3.05) is 20.1 Å². The van der Waals surface area contributed by atoms with Crippen LogP contribution in [0.4, 0.5) is 0 Å². The molecule has 1 fully saturated rings. The molecule has 0 aliphatic carbocycles. The smallest absolute Gasteiger partial charge is 0.267 e. The number of nitrogens with zero attached hydrogens (tertiary/aromatic N) is 7. The van der Waals surface area contributed by atoms with Gasteiger partial charge in [-0.2, -0.15) is 10.2 Å². The Labute approximate surface area is 210 Å². The first kappa shape index (κ1) is 23.9. The van der Waals surface area contributed by atoms with E-state index in [0.717, 1.165) is 61.3 Å². The summed E-state index contributed by atoms with van der Waals surface area (Å²) in [4.78, 5) is 23.9. The van der Waals surface area contributed by atoms with Crippen molar-refractivity contribution >= 4 is 0 Å². The number of benzene rings is 1. The van der Waals surface area contributed by atoms with Gasteiger partial charge in [0.25, 0.3) is 5.56 Å². The molecule has 0 N–H and O–H groups in total. The van der Waals surface area contributed by atoms with Gasteiger partial charge in [-0.25, -0.2) is 14.6 Å². The van der Waals surface area contributed by atoms with E-state index in [1.165, 1.54) is 4.68 Å². The van der Waals surface area contributed by atoms with Crippen molar-refractivity contribution in [3.05, 3.63) is 77.1 Å². The second-order valence-electron chi connectivity index (χ2n) is 9.27. The van der Waals surface area contributed by atoms with Crippen LogP contribution < -0.4 is 10.3 Å². The molecule has 1 saturated heterocycles. The number of hydrogen-bond donors (Lipinski definition) is 0. The Bertz CT molecular complexity index is 1360. The quantitative estimate of drug-likeness (QED) is 0.377. The summed E-state index contributed by atoms with van der Waals surface area (Å²) in [6, 6.07) is 11.2. The van der Waals surface area contributed by atoms with Crippen LogP contribution in [0, 0.1) is 0 Å². The van der Waals surface area contributed by atoms with E-state index in [1.54, 1.807) is 30.7 Å². The molecule has 0 spiro atoms. The normalized spacial score (nSPS) is 14.7. The lowest BCUT2D eigenvalue weighted by Crippen LogP contribution is -2.35. The van der Waals surface area contributed by atoms with Gasteiger partial charge in [0.2, 0.25) is 0 Å². The third kappa shape index (κ3) is 5.68. The van der Waals surface area contributed by atoms with Gasteiger partial charge in [-0.1, -0.05) is 25.1 Å². The Morgan fingerprint density at radius 2 is 1.83 bits per heavy atom. The van der Waals surface area contributed by atoms with Crippen LogP contribution in [0.3, 0.4) is 0 Å². The number of likely N-dealkylation sites (tertiary alicyclic amines) is 1. The monoisotopic (exact) mass is 485 g/mol. The molecule has 0 atom stereocenters. The predicted octanol–water partition coefficient (Wildman–Crippen LogP) is 3.50. The topological polar surface area (TPSA) is 91.0 Å². The number of ether oxygens (including phenoxy) is 1. The summed E-state index contributed by atoms with van der Waals surface area (Å²) in [5.41, 5.74) is 3.27. The average Bonchev–Trinajstić information content (AvgIpc) is 3.36.